The van der Waals surface area contributed by atoms with E-state index in [4.69, 9.17) is 10.5 Å². The van der Waals surface area contributed by atoms with E-state index in [1.54, 1.807) is 25.6 Å². The summed E-state index contributed by atoms with van der Waals surface area (Å²) < 4.78 is 9.93. The van der Waals surface area contributed by atoms with Crippen LogP contribution in [0, 0.1) is 0 Å². The lowest BCUT2D eigenvalue weighted by atomic mass is 10.1. The third-order valence-electron chi connectivity index (χ3n) is 4.01. The highest BCUT2D eigenvalue weighted by Gasteiger charge is 2.13. The molecule has 0 fully saturated rings. The molecule has 3 aromatic heterocycles. The Morgan fingerprint density at radius 1 is 1.41 bits per heavy atom. The first-order chi connectivity index (χ1) is 13.2. The summed E-state index contributed by atoms with van der Waals surface area (Å²) in [5.41, 5.74) is 8.08. The zero-order chi connectivity index (χ0) is 19.1. The van der Waals surface area contributed by atoms with E-state index < -0.39 is 0 Å². The van der Waals surface area contributed by atoms with Crippen LogP contribution in [0.1, 0.15) is 41.6 Å². The first-order valence-corrected chi connectivity index (χ1v) is 8.58. The molecule has 27 heavy (non-hydrogen) atoms. The fourth-order valence-electron chi connectivity index (χ4n) is 2.58. The second kappa shape index (κ2) is 8.91. The van der Waals surface area contributed by atoms with Crippen molar-refractivity contribution in [3.8, 4) is 17.1 Å². The van der Waals surface area contributed by atoms with Crippen LogP contribution in [-0.4, -0.2) is 33.0 Å². The van der Waals surface area contributed by atoms with Crippen molar-refractivity contribution in [1.29, 1.82) is 0 Å². The molecule has 0 saturated heterocycles. The predicted molar refractivity (Wildman–Crippen MR) is 99.1 cm³/mol. The molecule has 3 N–H and O–H groups in total. The number of hydrogen-bond donors (Lipinski definition) is 2. The minimum atomic E-state index is -0.274. The molecule has 1 atom stereocenters. The molecule has 8 nitrogen and oxygen atoms in total. The number of ether oxygens (including phenoxy) is 1. The molecule has 3 aromatic rings. The van der Waals surface area contributed by atoms with Crippen molar-refractivity contribution in [2.24, 2.45) is 5.73 Å². The topological polar surface area (TPSA) is 120 Å². The first kappa shape index (κ1) is 18.5. The second-order valence-electron chi connectivity index (χ2n) is 5.89. The van der Waals surface area contributed by atoms with Gasteiger partial charge >= 0.3 is 0 Å². The van der Waals surface area contributed by atoms with Gasteiger partial charge in [0.15, 0.2) is 5.78 Å². The van der Waals surface area contributed by atoms with Gasteiger partial charge in [0.1, 0.15) is 17.8 Å². The predicted octanol–water partition coefficient (Wildman–Crippen LogP) is 3.08. The second-order valence-corrected chi connectivity index (χ2v) is 5.89. The van der Waals surface area contributed by atoms with Gasteiger partial charge in [0, 0.05) is 24.9 Å². The lowest BCUT2D eigenvalue weighted by molar-refractivity contribution is 0.0975. The fourth-order valence-corrected chi connectivity index (χ4v) is 2.58. The zero-order valence-corrected chi connectivity index (χ0v) is 15.0. The standard InChI is InChI=1S/C19H21N5O3/c1-26-19-13(6-5-10-21-19)16-12-22-18(23-16)14(20)7-3-2-4-8-17(25)15-9-11-27-24-15/h2-3,5-6,9-12,14H,4,7-8,20H2,1H3,(H,22,23)/t14-/m0/s1. The van der Waals surface area contributed by atoms with Crippen LogP contribution < -0.4 is 10.5 Å². The van der Waals surface area contributed by atoms with Crippen molar-refractivity contribution in [3.05, 3.63) is 60.5 Å². The van der Waals surface area contributed by atoms with Crippen LogP contribution in [0.5, 0.6) is 5.88 Å². The zero-order valence-electron chi connectivity index (χ0n) is 15.0. The van der Waals surface area contributed by atoms with E-state index in [1.165, 1.54) is 6.26 Å². The fraction of sp³-hybridized carbons (Fsp3) is 0.263. The highest BCUT2D eigenvalue weighted by molar-refractivity contribution is 5.93. The lowest BCUT2D eigenvalue weighted by Gasteiger charge is -2.05. The quantitative estimate of drug-likeness (QED) is 0.440. The van der Waals surface area contributed by atoms with E-state index in [0.717, 1.165) is 11.3 Å². The van der Waals surface area contributed by atoms with Gasteiger partial charge in [0.05, 0.1) is 24.4 Å². The van der Waals surface area contributed by atoms with Gasteiger partial charge in [-0.3, -0.25) is 4.79 Å². The van der Waals surface area contributed by atoms with Crippen LogP contribution in [0.3, 0.4) is 0 Å². The molecule has 8 heteroatoms. The maximum absolute atomic E-state index is 11.8. The number of nitrogens with one attached hydrogen (secondary N) is 1. The van der Waals surface area contributed by atoms with Crippen molar-refractivity contribution in [3.63, 3.8) is 0 Å². The number of nitrogens with zero attached hydrogens (tertiary/aromatic N) is 3. The van der Waals surface area contributed by atoms with Crippen LogP contribution >= 0.6 is 0 Å². The van der Waals surface area contributed by atoms with Crippen LogP contribution in [0.2, 0.25) is 0 Å². The molecule has 0 unspecified atom stereocenters. The normalized spacial score (nSPS) is 12.4. The highest BCUT2D eigenvalue weighted by atomic mass is 16.5. The van der Waals surface area contributed by atoms with Gasteiger partial charge in [-0.15, -0.1) is 0 Å². The number of rotatable bonds is 9. The number of nitrogens with two attached hydrogens (primary N) is 1. The van der Waals surface area contributed by atoms with E-state index in [9.17, 15) is 4.79 Å². The summed E-state index contributed by atoms with van der Waals surface area (Å²) >= 11 is 0. The number of imidazole rings is 1. The molecule has 140 valence electrons. The number of allylic oxidation sites excluding steroid dienone is 1. The number of Topliss-reactive ketones (excluding diaryl/α,β-unsaturated/α-hetero) is 1. The van der Waals surface area contributed by atoms with Crippen LogP contribution in [0.4, 0.5) is 0 Å². The Hall–Kier alpha value is -3.26. The Kier molecular flexibility index (Phi) is 6.11. The molecule has 0 aliphatic heterocycles. The molecule has 0 aromatic carbocycles. The molecule has 0 radical (unpaired) electrons. The van der Waals surface area contributed by atoms with Crippen LogP contribution in [0.25, 0.3) is 11.3 Å². The number of methoxy groups -OCH3 is 1. The van der Waals surface area contributed by atoms with Crippen LogP contribution in [0.15, 0.2) is 53.5 Å². The molecule has 0 amide bonds. The number of ketones is 1. The summed E-state index contributed by atoms with van der Waals surface area (Å²) in [5.74, 6) is 1.15. The number of aromatic amines is 1. The van der Waals surface area contributed by atoms with Crippen molar-refractivity contribution < 1.29 is 14.1 Å². The largest absolute Gasteiger partial charge is 0.481 e. The Morgan fingerprint density at radius 2 is 2.30 bits per heavy atom. The van der Waals surface area contributed by atoms with Gasteiger partial charge < -0.3 is 20.0 Å². The summed E-state index contributed by atoms with van der Waals surface area (Å²) in [5, 5.41) is 3.63. The van der Waals surface area contributed by atoms with E-state index in [0.29, 0.717) is 36.7 Å². The monoisotopic (exact) mass is 367 g/mol. The summed E-state index contributed by atoms with van der Waals surface area (Å²) in [6, 6.07) is 5.01. The minimum absolute atomic E-state index is 0.0428. The number of carbonyl (C=O) groups excluding carboxylic acids is 1. The van der Waals surface area contributed by atoms with Gasteiger partial charge in [-0.1, -0.05) is 17.3 Å². The Labute approximate surface area is 156 Å². The van der Waals surface area contributed by atoms with Crippen molar-refractivity contribution in [2.75, 3.05) is 7.11 Å². The summed E-state index contributed by atoms with van der Waals surface area (Å²) in [4.78, 5) is 23.6. The van der Waals surface area contributed by atoms with E-state index in [-0.39, 0.29) is 11.8 Å². The van der Waals surface area contributed by atoms with E-state index in [2.05, 4.69) is 24.6 Å². The van der Waals surface area contributed by atoms with Crippen molar-refractivity contribution >= 4 is 5.78 Å². The summed E-state index contributed by atoms with van der Waals surface area (Å²) in [7, 11) is 1.57. The van der Waals surface area contributed by atoms with Crippen LogP contribution in [-0.2, 0) is 0 Å². The number of H-pyrrole nitrogens is 1. The van der Waals surface area contributed by atoms with E-state index in [1.807, 2.05) is 24.3 Å². The van der Waals surface area contributed by atoms with E-state index >= 15 is 0 Å². The van der Waals surface area contributed by atoms with Crippen molar-refractivity contribution in [1.82, 2.24) is 20.1 Å². The highest BCUT2D eigenvalue weighted by Crippen LogP contribution is 2.26. The minimum Gasteiger partial charge on any atom is -0.481 e. The van der Waals surface area contributed by atoms with Crippen molar-refractivity contribution in [2.45, 2.75) is 25.3 Å². The Balaban J connectivity index is 1.52. The number of pyridine rings is 1. The maximum atomic E-state index is 11.8. The molecule has 0 aliphatic rings. The van der Waals surface area contributed by atoms with Gasteiger partial charge in [-0.25, -0.2) is 9.97 Å². The summed E-state index contributed by atoms with van der Waals surface area (Å²) in [6.45, 7) is 0. The first-order valence-electron chi connectivity index (χ1n) is 8.58. The molecule has 0 bridgehead atoms. The molecule has 3 heterocycles. The number of aromatic nitrogens is 4. The third kappa shape index (κ3) is 4.68. The molecule has 0 spiro atoms. The smallest absolute Gasteiger partial charge is 0.222 e. The number of carbonyl (C=O) groups is 1. The molecular weight excluding hydrogens is 346 g/mol. The van der Waals surface area contributed by atoms with Gasteiger partial charge in [0.2, 0.25) is 5.88 Å². The Morgan fingerprint density at radius 3 is 3.07 bits per heavy atom. The summed E-state index contributed by atoms with van der Waals surface area (Å²) in [6.07, 6.45) is 10.3. The average molecular weight is 367 g/mol. The van der Waals surface area contributed by atoms with Gasteiger partial charge in [-0.2, -0.15) is 0 Å². The molecular formula is C19H21N5O3. The average Bonchev–Trinajstić information content (AvgIpc) is 3.39. The number of hydrogen-bond acceptors (Lipinski definition) is 7. The van der Waals surface area contributed by atoms with Gasteiger partial charge in [-0.05, 0) is 25.0 Å². The molecule has 0 aliphatic carbocycles. The lowest BCUT2D eigenvalue weighted by Crippen LogP contribution is -2.10. The van der Waals surface area contributed by atoms with Gasteiger partial charge in [0.25, 0.3) is 0 Å². The molecule has 0 saturated carbocycles. The molecule has 3 rings (SSSR count). The third-order valence-corrected chi connectivity index (χ3v) is 4.01. The Bertz CT molecular complexity index is 902. The SMILES string of the molecule is COc1ncccc1-c1c[nH]c([C@@H](N)CC=CCCC(=O)c2ccon2)n1. The maximum Gasteiger partial charge on any atom is 0.222 e.